The van der Waals surface area contributed by atoms with Gasteiger partial charge in [-0.15, -0.1) is 0 Å². The zero-order valence-electron chi connectivity index (χ0n) is 18.6. The Morgan fingerprint density at radius 2 is 1.76 bits per heavy atom. The second-order valence-corrected chi connectivity index (χ2v) is 8.39. The molecule has 0 fully saturated rings. The average Bonchev–Trinajstić information content (AvgIpc) is 3.23. The Bertz CT molecular complexity index is 1390. The number of aromatic nitrogens is 3. The molecule has 9 heteroatoms. The molecule has 0 aliphatic rings. The molecule has 2 N–H and O–H groups in total. The summed E-state index contributed by atoms with van der Waals surface area (Å²) in [6.07, 6.45) is 2.09. The Kier molecular flexibility index (Phi) is 7.08. The fraction of sp³-hybridized carbons (Fsp3) is 0.200. The van der Waals surface area contributed by atoms with Gasteiger partial charge in [-0.1, -0.05) is 41.9 Å². The van der Waals surface area contributed by atoms with Crippen LogP contribution in [0.25, 0.3) is 11.0 Å². The van der Waals surface area contributed by atoms with Crippen LogP contribution in [-0.4, -0.2) is 25.9 Å². The molecule has 0 spiro atoms. The molecular weight excluding hydrogens is 454 g/mol. The van der Waals surface area contributed by atoms with Crippen LogP contribution in [0.4, 0.5) is 0 Å². The van der Waals surface area contributed by atoms with Crippen LogP contribution in [0.5, 0.6) is 0 Å². The molecule has 0 bridgehead atoms. The number of hydrogen-bond donors (Lipinski definition) is 2. The molecule has 174 valence electrons. The number of benzene rings is 2. The maximum atomic E-state index is 13.2. The monoisotopic (exact) mass is 477 g/mol. The number of carbonyl (C=O) groups excluding carboxylic acids is 2. The lowest BCUT2D eigenvalue weighted by atomic mass is 10.2. The third kappa shape index (κ3) is 5.52. The van der Waals surface area contributed by atoms with Crippen molar-refractivity contribution in [1.82, 2.24) is 25.0 Å². The van der Waals surface area contributed by atoms with Gasteiger partial charge in [-0.25, -0.2) is 4.98 Å². The lowest BCUT2D eigenvalue weighted by Gasteiger charge is -2.13. The van der Waals surface area contributed by atoms with E-state index in [2.05, 4.69) is 15.8 Å². The first-order valence-corrected chi connectivity index (χ1v) is 11.2. The zero-order chi connectivity index (χ0) is 24.1. The fourth-order valence-corrected chi connectivity index (χ4v) is 3.85. The number of aryl methyl sites for hydroxylation is 2. The molecule has 2 aromatic heterocycles. The van der Waals surface area contributed by atoms with Crippen molar-refractivity contribution in [3.63, 3.8) is 0 Å². The predicted molar refractivity (Wildman–Crippen MR) is 130 cm³/mol. The van der Waals surface area contributed by atoms with E-state index < -0.39 is 5.91 Å². The Hall–Kier alpha value is -3.91. The fourth-order valence-electron chi connectivity index (χ4n) is 3.68. The summed E-state index contributed by atoms with van der Waals surface area (Å²) in [4.78, 5) is 42.1. The van der Waals surface area contributed by atoms with Crippen molar-refractivity contribution in [3.8, 4) is 0 Å². The number of fused-ring (bicyclic) bond motifs is 1. The Labute approximate surface area is 201 Å². The molecule has 0 saturated carbocycles. The van der Waals surface area contributed by atoms with Crippen LogP contribution in [0.1, 0.15) is 23.4 Å². The molecule has 4 aromatic rings. The molecule has 2 amide bonds. The molecule has 0 radical (unpaired) electrons. The van der Waals surface area contributed by atoms with Gasteiger partial charge in [0.1, 0.15) is 5.69 Å². The summed E-state index contributed by atoms with van der Waals surface area (Å²) >= 11 is 6.15. The van der Waals surface area contributed by atoms with E-state index in [0.29, 0.717) is 22.6 Å². The van der Waals surface area contributed by atoms with Crippen LogP contribution in [-0.2, 0) is 36.0 Å². The van der Waals surface area contributed by atoms with Crippen molar-refractivity contribution in [2.24, 2.45) is 7.05 Å². The third-order valence-corrected chi connectivity index (χ3v) is 5.72. The first kappa shape index (κ1) is 23.3. The maximum absolute atomic E-state index is 13.2. The van der Waals surface area contributed by atoms with Gasteiger partial charge in [0.15, 0.2) is 0 Å². The largest absolute Gasteiger partial charge is 0.354 e. The highest BCUT2D eigenvalue weighted by Crippen LogP contribution is 2.18. The summed E-state index contributed by atoms with van der Waals surface area (Å²) < 4.78 is 3.47. The molecule has 34 heavy (non-hydrogen) atoms. The second kappa shape index (κ2) is 10.4. The first-order chi connectivity index (χ1) is 16.4. The molecular formula is C25H24ClN5O3. The van der Waals surface area contributed by atoms with E-state index in [1.165, 1.54) is 0 Å². The minimum Gasteiger partial charge on any atom is -0.354 e. The van der Waals surface area contributed by atoms with E-state index in [9.17, 15) is 14.4 Å². The van der Waals surface area contributed by atoms with E-state index in [0.717, 1.165) is 11.3 Å². The highest BCUT2D eigenvalue weighted by Gasteiger charge is 2.14. The Balaban J connectivity index is 1.46. The minimum atomic E-state index is -0.415. The number of halogens is 1. The van der Waals surface area contributed by atoms with Crippen molar-refractivity contribution in [2.75, 3.05) is 0 Å². The SMILES string of the molecule is Cn1cccc1CC(=O)NNC(=O)CCc1nc2cc(Cl)ccc2n(Cc2ccccc2)c1=O. The van der Waals surface area contributed by atoms with Gasteiger partial charge in [-0.2, -0.15) is 0 Å². The summed E-state index contributed by atoms with van der Waals surface area (Å²) in [5.74, 6) is -0.749. The highest BCUT2D eigenvalue weighted by atomic mass is 35.5. The summed E-state index contributed by atoms with van der Waals surface area (Å²) in [6, 6.07) is 18.5. The molecule has 8 nitrogen and oxygen atoms in total. The van der Waals surface area contributed by atoms with Gasteiger partial charge in [0.2, 0.25) is 11.8 Å². The molecule has 2 heterocycles. The van der Waals surface area contributed by atoms with Gasteiger partial charge in [0.25, 0.3) is 5.56 Å². The van der Waals surface area contributed by atoms with Crippen LogP contribution in [0.2, 0.25) is 5.02 Å². The van der Waals surface area contributed by atoms with Crippen LogP contribution in [0, 0.1) is 0 Å². The van der Waals surface area contributed by atoms with Crippen molar-refractivity contribution in [1.29, 1.82) is 0 Å². The van der Waals surface area contributed by atoms with E-state index in [1.807, 2.05) is 60.3 Å². The molecule has 4 rings (SSSR count). The van der Waals surface area contributed by atoms with Crippen LogP contribution in [0.3, 0.4) is 0 Å². The van der Waals surface area contributed by atoms with Crippen LogP contribution in [0.15, 0.2) is 71.7 Å². The summed E-state index contributed by atoms with van der Waals surface area (Å²) in [5.41, 5.74) is 7.84. The van der Waals surface area contributed by atoms with Crippen molar-refractivity contribution in [2.45, 2.75) is 25.8 Å². The molecule has 0 unspecified atom stereocenters. The lowest BCUT2D eigenvalue weighted by molar-refractivity contribution is -0.128. The topological polar surface area (TPSA) is 98.0 Å². The van der Waals surface area contributed by atoms with E-state index >= 15 is 0 Å². The summed E-state index contributed by atoms with van der Waals surface area (Å²) in [6.45, 7) is 0.370. The number of hydrazine groups is 1. The third-order valence-electron chi connectivity index (χ3n) is 5.48. The Morgan fingerprint density at radius 3 is 2.50 bits per heavy atom. The first-order valence-electron chi connectivity index (χ1n) is 10.8. The molecule has 0 atom stereocenters. The second-order valence-electron chi connectivity index (χ2n) is 7.95. The number of nitrogens with zero attached hydrogens (tertiary/aromatic N) is 3. The van der Waals surface area contributed by atoms with Crippen LogP contribution < -0.4 is 16.4 Å². The smallest absolute Gasteiger partial charge is 0.273 e. The zero-order valence-corrected chi connectivity index (χ0v) is 19.4. The van der Waals surface area contributed by atoms with Gasteiger partial charge >= 0.3 is 0 Å². The van der Waals surface area contributed by atoms with Gasteiger partial charge < -0.3 is 9.13 Å². The van der Waals surface area contributed by atoms with Crippen molar-refractivity contribution < 1.29 is 9.59 Å². The molecule has 0 saturated heterocycles. The minimum absolute atomic E-state index is 0.00984. The summed E-state index contributed by atoms with van der Waals surface area (Å²) in [5, 5.41) is 0.509. The van der Waals surface area contributed by atoms with Gasteiger partial charge in [-0.05, 0) is 35.9 Å². The van der Waals surface area contributed by atoms with E-state index in [4.69, 9.17) is 11.6 Å². The normalized spacial score (nSPS) is 10.9. The number of rotatable bonds is 7. The summed E-state index contributed by atoms with van der Waals surface area (Å²) in [7, 11) is 1.84. The quantitative estimate of drug-likeness (QED) is 0.400. The highest BCUT2D eigenvalue weighted by molar-refractivity contribution is 6.31. The van der Waals surface area contributed by atoms with Crippen molar-refractivity contribution >= 4 is 34.4 Å². The van der Waals surface area contributed by atoms with Crippen molar-refractivity contribution in [3.05, 3.63) is 99.2 Å². The van der Waals surface area contributed by atoms with Gasteiger partial charge in [0.05, 0.1) is 24.0 Å². The van der Waals surface area contributed by atoms with E-state index in [1.54, 1.807) is 22.8 Å². The number of hydrogen-bond acceptors (Lipinski definition) is 4. The molecule has 2 aromatic carbocycles. The predicted octanol–water partition coefficient (Wildman–Crippen LogP) is 2.76. The molecule has 0 aliphatic heterocycles. The lowest BCUT2D eigenvalue weighted by Crippen LogP contribution is -2.42. The number of nitrogens with one attached hydrogen (secondary N) is 2. The number of carbonyl (C=O) groups is 2. The van der Waals surface area contributed by atoms with E-state index in [-0.39, 0.29) is 36.4 Å². The maximum Gasteiger partial charge on any atom is 0.273 e. The number of amides is 2. The average molecular weight is 478 g/mol. The molecule has 0 aliphatic carbocycles. The standard InChI is InChI=1S/C25H24ClN5O3/c1-30-13-5-8-19(30)15-24(33)29-28-23(32)12-10-20-25(34)31(16-17-6-3-2-4-7-17)22-11-9-18(26)14-21(22)27-20/h2-9,11,13-14H,10,12,15-16H2,1H3,(H,28,32)(H,29,33). The van der Waals surface area contributed by atoms with Crippen LogP contribution >= 0.6 is 11.6 Å². The Morgan fingerprint density at radius 1 is 1.00 bits per heavy atom. The van der Waals surface area contributed by atoms with Gasteiger partial charge in [-0.3, -0.25) is 25.2 Å². The van der Waals surface area contributed by atoms with Gasteiger partial charge in [0, 0.05) is 36.8 Å².